The van der Waals surface area contributed by atoms with Gasteiger partial charge in [-0.05, 0) is 48.6 Å². The SMILES string of the molecule is Cc1ccc(Cn2c([C@@H]3[C@H](C(=O)O)C3(C)C)nc3ccc(OCc4ccc(C)cn4)cc32)cc1. The first kappa shape index (κ1) is 22.1. The van der Waals surface area contributed by atoms with Crippen LogP contribution in [0.1, 0.15) is 48.0 Å². The van der Waals surface area contributed by atoms with Crippen LogP contribution in [-0.2, 0) is 17.9 Å². The summed E-state index contributed by atoms with van der Waals surface area (Å²) < 4.78 is 8.21. The van der Waals surface area contributed by atoms with Gasteiger partial charge in [-0.15, -0.1) is 0 Å². The Morgan fingerprint density at radius 2 is 1.79 bits per heavy atom. The quantitative estimate of drug-likeness (QED) is 0.398. The van der Waals surface area contributed by atoms with Crippen molar-refractivity contribution in [2.75, 3.05) is 0 Å². The smallest absolute Gasteiger partial charge is 0.307 e. The normalized spacial score (nSPS) is 18.7. The fourth-order valence-electron chi connectivity index (χ4n) is 4.81. The predicted octanol–water partition coefficient (Wildman–Crippen LogP) is 5.50. The number of imidazole rings is 1. The molecule has 0 spiro atoms. The molecule has 1 N–H and O–H groups in total. The molecule has 34 heavy (non-hydrogen) atoms. The Hall–Kier alpha value is -3.67. The van der Waals surface area contributed by atoms with E-state index in [1.807, 2.05) is 57.3 Å². The van der Waals surface area contributed by atoms with Crippen LogP contribution in [-0.4, -0.2) is 25.6 Å². The molecule has 1 aliphatic rings. The van der Waals surface area contributed by atoms with E-state index in [1.165, 1.54) is 5.56 Å². The Morgan fingerprint density at radius 3 is 2.44 bits per heavy atom. The van der Waals surface area contributed by atoms with Gasteiger partial charge in [-0.25, -0.2) is 4.98 Å². The molecule has 4 aromatic rings. The van der Waals surface area contributed by atoms with Gasteiger partial charge in [-0.2, -0.15) is 0 Å². The van der Waals surface area contributed by atoms with Crippen LogP contribution in [0.5, 0.6) is 5.75 Å². The lowest BCUT2D eigenvalue weighted by Crippen LogP contribution is -2.07. The van der Waals surface area contributed by atoms with Gasteiger partial charge in [0.25, 0.3) is 0 Å². The van der Waals surface area contributed by atoms with Crippen LogP contribution in [0.25, 0.3) is 11.0 Å². The van der Waals surface area contributed by atoms with E-state index in [1.54, 1.807) is 0 Å². The van der Waals surface area contributed by atoms with E-state index in [0.29, 0.717) is 13.2 Å². The third-order valence-corrected chi connectivity index (χ3v) is 6.94. The minimum Gasteiger partial charge on any atom is -0.487 e. The Kier molecular flexibility index (Phi) is 5.39. The molecule has 0 saturated heterocycles. The number of fused-ring (bicyclic) bond motifs is 1. The average molecular weight is 456 g/mol. The minimum absolute atomic E-state index is 0.135. The number of hydrogen-bond acceptors (Lipinski definition) is 4. The van der Waals surface area contributed by atoms with E-state index in [9.17, 15) is 9.90 Å². The van der Waals surface area contributed by atoms with Crippen molar-refractivity contribution in [3.8, 4) is 5.75 Å². The first-order valence-corrected chi connectivity index (χ1v) is 11.6. The van der Waals surface area contributed by atoms with Gasteiger partial charge in [0.2, 0.25) is 0 Å². The first-order valence-electron chi connectivity index (χ1n) is 11.6. The number of rotatable bonds is 7. The molecular formula is C28H29N3O3. The summed E-state index contributed by atoms with van der Waals surface area (Å²) in [7, 11) is 0. The number of aromatic nitrogens is 3. The number of aryl methyl sites for hydroxylation is 2. The summed E-state index contributed by atoms with van der Waals surface area (Å²) in [6.45, 7) is 9.09. The van der Waals surface area contributed by atoms with E-state index in [-0.39, 0.29) is 11.3 Å². The molecule has 0 unspecified atom stereocenters. The molecular weight excluding hydrogens is 426 g/mol. The maximum absolute atomic E-state index is 11.9. The van der Waals surface area contributed by atoms with Gasteiger partial charge < -0.3 is 14.4 Å². The van der Waals surface area contributed by atoms with Crippen LogP contribution >= 0.6 is 0 Å². The van der Waals surface area contributed by atoms with Crippen LogP contribution < -0.4 is 4.74 Å². The van der Waals surface area contributed by atoms with Crippen LogP contribution in [0.4, 0.5) is 0 Å². The van der Waals surface area contributed by atoms with Crippen molar-refractivity contribution in [3.05, 3.63) is 89.0 Å². The zero-order chi connectivity index (χ0) is 24.0. The Labute approximate surface area is 199 Å². The number of carboxylic acids is 1. The number of pyridine rings is 1. The standard InChI is InChI=1S/C28H29N3O3/c1-17-5-8-19(9-6-17)15-31-23-13-21(34-16-20-10-7-18(2)14-29-20)11-12-22(23)30-26(31)24-25(27(32)33)28(24,3)4/h5-14,24-25H,15-16H2,1-4H3,(H,32,33)/t24-,25+/m0/s1. The Morgan fingerprint density at radius 1 is 1.06 bits per heavy atom. The molecule has 0 amide bonds. The maximum atomic E-state index is 11.9. The molecule has 6 heteroatoms. The molecule has 2 aromatic heterocycles. The highest BCUT2D eigenvalue weighted by atomic mass is 16.5. The van der Waals surface area contributed by atoms with Crippen LogP contribution in [0.2, 0.25) is 0 Å². The molecule has 2 aromatic carbocycles. The molecule has 0 bridgehead atoms. The van der Waals surface area contributed by atoms with Gasteiger partial charge in [0.15, 0.2) is 0 Å². The lowest BCUT2D eigenvalue weighted by molar-refractivity contribution is -0.139. The second-order valence-corrected chi connectivity index (χ2v) is 9.92. The second-order valence-electron chi connectivity index (χ2n) is 9.92. The molecule has 0 radical (unpaired) electrons. The zero-order valence-electron chi connectivity index (χ0n) is 19.9. The molecule has 2 atom stereocenters. The topological polar surface area (TPSA) is 77.2 Å². The maximum Gasteiger partial charge on any atom is 0.307 e. The van der Waals surface area contributed by atoms with Crippen molar-refractivity contribution < 1.29 is 14.6 Å². The Bertz CT molecular complexity index is 1350. The molecule has 5 rings (SSSR count). The highest BCUT2D eigenvalue weighted by Crippen LogP contribution is 2.64. The lowest BCUT2D eigenvalue weighted by atomic mass is 10.1. The van der Waals surface area contributed by atoms with E-state index in [4.69, 9.17) is 9.72 Å². The van der Waals surface area contributed by atoms with Gasteiger partial charge in [-0.1, -0.05) is 49.7 Å². The molecule has 1 fully saturated rings. The van der Waals surface area contributed by atoms with Gasteiger partial charge in [0.05, 0.1) is 22.6 Å². The highest BCUT2D eigenvalue weighted by molar-refractivity contribution is 5.81. The molecule has 1 aliphatic carbocycles. The number of nitrogens with zero attached hydrogens (tertiary/aromatic N) is 3. The van der Waals surface area contributed by atoms with Crippen molar-refractivity contribution in [2.24, 2.45) is 11.3 Å². The number of benzene rings is 2. The summed E-state index contributed by atoms with van der Waals surface area (Å²) in [4.78, 5) is 21.2. The lowest BCUT2D eigenvalue weighted by Gasteiger charge is -2.12. The van der Waals surface area contributed by atoms with Crippen molar-refractivity contribution in [3.63, 3.8) is 0 Å². The number of carboxylic acid groups (broad SMARTS) is 1. The van der Waals surface area contributed by atoms with Crippen LogP contribution in [0.15, 0.2) is 60.8 Å². The number of hydrogen-bond donors (Lipinski definition) is 1. The zero-order valence-corrected chi connectivity index (χ0v) is 19.9. The third-order valence-electron chi connectivity index (χ3n) is 6.94. The molecule has 0 aliphatic heterocycles. The van der Waals surface area contributed by atoms with Crippen molar-refractivity contribution in [2.45, 2.75) is 46.8 Å². The summed E-state index contributed by atoms with van der Waals surface area (Å²) in [6, 6.07) is 18.3. The number of aliphatic carboxylic acids is 1. The highest BCUT2D eigenvalue weighted by Gasteiger charge is 2.64. The van der Waals surface area contributed by atoms with E-state index in [2.05, 4.69) is 40.7 Å². The summed E-state index contributed by atoms with van der Waals surface area (Å²) in [5.74, 6) is 0.216. The molecule has 6 nitrogen and oxygen atoms in total. The van der Waals surface area contributed by atoms with Gasteiger partial charge in [0, 0.05) is 24.7 Å². The van der Waals surface area contributed by atoms with Gasteiger partial charge >= 0.3 is 5.97 Å². The van der Waals surface area contributed by atoms with Crippen LogP contribution in [0.3, 0.4) is 0 Å². The van der Waals surface area contributed by atoms with E-state index in [0.717, 1.165) is 39.4 Å². The second kappa shape index (κ2) is 8.28. The van der Waals surface area contributed by atoms with Gasteiger partial charge in [0.1, 0.15) is 18.2 Å². The third kappa shape index (κ3) is 4.04. The Balaban J connectivity index is 1.52. The number of ether oxygens (including phenoxy) is 1. The molecule has 1 saturated carbocycles. The fraction of sp³-hybridized carbons (Fsp3) is 0.321. The number of carbonyl (C=O) groups is 1. The predicted molar refractivity (Wildman–Crippen MR) is 131 cm³/mol. The largest absolute Gasteiger partial charge is 0.487 e. The van der Waals surface area contributed by atoms with E-state index < -0.39 is 11.9 Å². The molecule has 2 heterocycles. The summed E-state index contributed by atoms with van der Waals surface area (Å²) in [5, 5.41) is 9.78. The average Bonchev–Trinajstić information content (AvgIpc) is 3.22. The van der Waals surface area contributed by atoms with Gasteiger partial charge in [-0.3, -0.25) is 9.78 Å². The van der Waals surface area contributed by atoms with Crippen molar-refractivity contribution in [1.82, 2.24) is 14.5 Å². The fourth-order valence-corrected chi connectivity index (χ4v) is 4.81. The summed E-state index contributed by atoms with van der Waals surface area (Å²) >= 11 is 0. The van der Waals surface area contributed by atoms with E-state index >= 15 is 0 Å². The van der Waals surface area contributed by atoms with Crippen molar-refractivity contribution in [1.29, 1.82) is 0 Å². The summed E-state index contributed by atoms with van der Waals surface area (Å²) in [6.07, 6.45) is 1.83. The van der Waals surface area contributed by atoms with Crippen LogP contribution in [0, 0.1) is 25.2 Å². The first-order chi connectivity index (χ1) is 16.2. The van der Waals surface area contributed by atoms with Crippen molar-refractivity contribution >= 4 is 17.0 Å². The summed E-state index contributed by atoms with van der Waals surface area (Å²) in [5.41, 5.74) is 5.77. The molecule has 174 valence electrons. The monoisotopic (exact) mass is 455 g/mol. The minimum atomic E-state index is -0.765.